The number of ether oxygens (including phenoxy) is 1. The molecule has 1 atom stereocenters. The topological polar surface area (TPSA) is 108 Å². The summed E-state index contributed by atoms with van der Waals surface area (Å²) in [5, 5.41) is 16.3. The van der Waals surface area contributed by atoms with Gasteiger partial charge in [-0.15, -0.1) is 0 Å². The van der Waals surface area contributed by atoms with Crippen molar-refractivity contribution >= 4 is 17.7 Å². The van der Waals surface area contributed by atoms with Gasteiger partial charge in [-0.2, -0.15) is 0 Å². The predicted octanol–water partition coefficient (Wildman–Crippen LogP) is 1.80. The van der Waals surface area contributed by atoms with E-state index in [9.17, 15) is 14.7 Å². The SMILES string of the molecule is CN(Cc1ccon1)C(C(=O)O)c1ccc(NC(=O)N2CCOCC2)cc1. The molecule has 9 nitrogen and oxygen atoms in total. The second kappa shape index (κ2) is 8.65. The molecule has 2 heterocycles. The Bertz CT molecular complexity index is 757. The van der Waals surface area contributed by atoms with Crippen molar-refractivity contribution in [3.05, 3.63) is 47.9 Å². The Morgan fingerprint density at radius 1 is 1.26 bits per heavy atom. The minimum absolute atomic E-state index is 0.191. The van der Waals surface area contributed by atoms with E-state index < -0.39 is 12.0 Å². The molecular formula is C18H22N4O5. The zero-order valence-electron chi connectivity index (χ0n) is 15.0. The fourth-order valence-corrected chi connectivity index (χ4v) is 2.97. The number of nitrogens with one attached hydrogen (secondary N) is 1. The molecule has 1 saturated heterocycles. The summed E-state index contributed by atoms with van der Waals surface area (Å²) in [7, 11) is 1.71. The number of carbonyl (C=O) groups excluding carboxylic acids is 1. The van der Waals surface area contributed by atoms with Crippen LogP contribution in [0.25, 0.3) is 0 Å². The van der Waals surface area contributed by atoms with Gasteiger partial charge in [0.2, 0.25) is 0 Å². The average Bonchev–Trinajstić information content (AvgIpc) is 3.16. The van der Waals surface area contributed by atoms with Crippen LogP contribution in [0.2, 0.25) is 0 Å². The number of carboxylic acid groups (broad SMARTS) is 1. The number of urea groups is 1. The van der Waals surface area contributed by atoms with Crippen LogP contribution in [0.3, 0.4) is 0 Å². The molecule has 1 unspecified atom stereocenters. The quantitative estimate of drug-likeness (QED) is 0.793. The highest BCUT2D eigenvalue weighted by molar-refractivity contribution is 5.89. The van der Waals surface area contributed by atoms with E-state index in [4.69, 9.17) is 9.26 Å². The third-order valence-corrected chi connectivity index (χ3v) is 4.35. The second-order valence-corrected chi connectivity index (χ2v) is 6.30. The van der Waals surface area contributed by atoms with Gasteiger partial charge >= 0.3 is 12.0 Å². The Hall–Kier alpha value is -2.91. The summed E-state index contributed by atoms with van der Waals surface area (Å²) in [6.07, 6.45) is 1.45. The van der Waals surface area contributed by atoms with Gasteiger partial charge in [0.1, 0.15) is 12.3 Å². The van der Waals surface area contributed by atoms with Gasteiger partial charge < -0.3 is 24.6 Å². The van der Waals surface area contributed by atoms with Crippen molar-refractivity contribution in [2.75, 3.05) is 38.7 Å². The van der Waals surface area contributed by atoms with Gasteiger partial charge in [0, 0.05) is 31.4 Å². The maximum atomic E-state index is 12.2. The molecule has 1 aromatic carbocycles. The summed E-state index contributed by atoms with van der Waals surface area (Å²) in [6.45, 7) is 2.51. The van der Waals surface area contributed by atoms with Crippen molar-refractivity contribution in [1.82, 2.24) is 15.0 Å². The average molecular weight is 374 g/mol. The molecule has 27 heavy (non-hydrogen) atoms. The van der Waals surface area contributed by atoms with E-state index in [1.807, 2.05) is 0 Å². The minimum Gasteiger partial charge on any atom is -0.480 e. The lowest BCUT2D eigenvalue weighted by Gasteiger charge is -2.27. The molecule has 2 amide bonds. The predicted molar refractivity (Wildman–Crippen MR) is 96.2 cm³/mol. The molecule has 0 aliphatic carbocycles. The van der Waals surface area contributed by atoms with Crippen LogP contribution < -0.4 is 5.32 Å². The molecule has 2 aromatic rings. The van der Waals surface area contributed by atoms with Crippen molar-refractivity contribution in [3.8, 4) is 0 Å². The van der Waals surface area contributed by atoms with Crippen LogP contribution in [0.4, 0.5) is 10.5 Å². The third kappa shape index (κ3) is 4.83. The minimum atomic E-state index is -0.967. The Morgan fingerprint density at radius 3 is 2.56 bits per heavy atom. The molecule has 2 N–H and O–H groups in total. The van der Waals surface area contributed by atoms with Crippen molar-refractivity contribution in [1.29, 1.82) is 0 Å². The van der Waals surface area contributed by atoms with E-state index in [-0.39, 0.29) is 6.03 Å². The number of carboxylic acids is 1. The number of benzene rings is 1. The summed E-state index contributed by atoms with van der Waals surface area (Å²) in [6, 6.07) is 7.47. The number of amides is 2. The van der Waals surface area contributed by atoms with E-state index in [0.717, 1.165) is 0 Å². The first-order valence-electron chi connectivity index (χ1n) is 8.60. The number of rotatable bonds is 6. The van der Waals surface area contributed by atoms with Crippen molar-refractivity contribution in [2.45, 2.75) is 12.6 Å². The van der Waals surface area contributed by atoms with Gasteiger partial charge in [-0.25, -0.2) is 4.79 Å². The number of aliphatic carboxylic acids is 1. The standard InChI is InChI=1S/C18H22N4O5/c1-21(12-15-6-9-27-20-15)16(17(23)24)13-2-4-14(5-3-13)19-18(25)22-7-10-26-11-8-22/h2-6,9,16H,7-8,10-12H2,1H3,(H,19,25)(H,23,24). The molecule has 0 spiro atoms. The summed E-state index contributed by atoms with van der Waals surface area (Å²) < 4.78 is 10.0. The fourth-order valence-electron chi connectivity index (χ4n) is 2.97. The van der Waals surface area contributed by atoms with Crippen LogP contribution in [-0.2, 0) is 16.1 Å². The highest BCUT2D eigenvalue weighted by Crippen LogP contribution is 2.23. The van der Waals surface area contributed by atoms with Crippen LogP contribution in [0.15, 0.2) is 41.1 Å². The normalized spacial score (nSPS) is 15.6. The largest absolute Gasteiger partial charge is 0.480 e. The lowest BCUT2D eigenvalue weighted by atomic mass is 10.0. The van der Waals surface area contributed by atoms with E-state index in [2.05, 4.69) is 10.5 Å². The summed E-state index contributed by atoms with van der Waals surface area (Å²) in [5.41, 5.74) is 1.87. The number of hydrogen-bond donors (Lipinski definition) is 2. The van der Waals surface area contributed by atoms with Gasteiger partial charge in [-0.3, -0.25) is 9.69 Å². The molecule has 0 radical (unpaired) electrons. The summed E-state index contributed by atoms with van der Waals surface area (Å²) in [4.78, 5) is 27.3. The van der Waals surface area contributed by atoms with Crippen LogP contribution in [-0.4, -0.2) is 65.4 Å². The van der Waals surface area contributed by atoms with Crippen molar-refractivity contribution in [3.63, 3.8) is 0 Å². The third-order valence-electron chi connectivity index (χ3n) is 4.35. The van der Waals surface area contributed by atoms with Crippen LogP contribution in [0.5, 0.6) is 0 Å². The lowest BCUT2D eigenvalue weighted by molar-refractivity contribution is -0.143. The smallest absolute Gasteiger partial charge is 0.325 e. The molecule has 0 saturated carbocycles. The highest BCUT2D eigenvalue weighted by atomic mass is 16.5. The molecule has 1 aliphatic rings. The number of likely N-dealkylation sites (N-methyl/N-ethyl adjacent to an activating group) is 1. The second-order valence-electron chi connectivity index (χ2n) is 6.30. The Labute approximate surface area is 156 Å². The van der Waals surface area contributed by atoms with E-state index in [0.29, 0.717) is 49.8 Å². The highest BCUT2D eigenvalue weighted by Gasteiger charge is 2.25. The number of morpholine rings is 1. The number of carbonyl (C=O) groups is 2. The number of hydrogen-bond acceptors (Lipinski definition) is 6. The Morgan fingerprint density at radius 2 is 1.96 bits per heavy atom. The molecule has 9 heteroatoms. The number of aromatic nitrogens is 1. The first-order chi connectivity index (χ1) is 13.0. The number of anilines is 1. The van der Waals surface area contributed by atoms with Crippen molar-refractivity contribution < 1.29 is 24.0 Å². The summed E-state index contributed by atoms with van der Waals surface area (Å²) in [5.74, 6) is -0.967. The first kappa shape index (κ1) is 18.9. The zero-order chi connectivity index (χ0) is 19.2. The van der Waals surface area contributed by atoms with E-state index in [1.54, 1.807) is 47.2 Å². The van der Waals surface area contributed by atoms with Gasteiger partial charge in [0.25, 0.3) is 0 Å². The molecule has 3 rings (SSSR count). The maximum Gasteiger partial charge on any atom is 0.325 e. The van der Waals surface area contributed by atoms with Gasteiger partial charge in [0.05, 0.1) is 18.9 Å². The van der Waals surface area contributed by atoms with Crippen LogP contribution in [0.1, 0.15) is 17.3 Å². The summed E-state index contributed by atoms with van der Waals surface area (Å²) >= 11 is 0. The van der Waals surface area contributed by atoms with E-state index in [1.165, 1.54) is 6.26 Å². The van der Waals surface area contributed by atoms with Crippen LogP contribution in [0, 0.1) is 0 Å². The zero-order valence-corrected chi connectivity index (χ0v) is 15.0. The van der Waals surface area contributed by atoms with E-state index >= 15 is 0 Å². The van der Waals surface area contributed by atoms with Gasteiger partial charge in [0.15, 0.2) is 0 Å². The lowest BCUT2D eigenvalue weighted by Crippen LogP contribution is -2.43. The molecule has 1 aromatic heterocycles. The van der Waals surface area contributed by atoms with Gasteiger partial charge in [-0.05, 0) is 24.7 Å². The molecular weight excluding hydrogens is 352 g/mol. The Balaban J connectivity index is 1.66. The monoisotopic (exact) mass is 374 g/mol. The number of nitrogens with zero attached hydrogens (tertiary/aromatic N) is 3. The van der Waals surface area contributed by atoms with Crippen molar-refractivity contribution in [2.24, 2.45) is 0 Å². The molecule has 0 bridgehead atoms. The van der Waals surface area contributed by atoms with Crippen LogP contribution >= 0.6 is 0 Å². The molecule has 144 valence electrons. The fraction of sp³-hybridized carbons (Fsp3) is 0.389. The molecule has 1 aliphatic heterocycles. The van der Waals surface area contributed by atoms with Gasteiger partial charge in [-0.1, -0.05) is 17.3 Å². The maximum absolute atomic E-state index is 12.2. The Kier molecular flexibility index (Phi) is 6.05. The molecule has 1 fully saturated rings. The first-order valence-corrected chi connectivity index (χ1v) is 8.60.